The van der Waals surface area contributed by atoms with Gasteiger partial charge in [-0.2, -0.15) is 0 Å². The number of anilines is 1. The number of nitrogens with one attached hydrogen (secondary N) is 2. The number of rotatable bonds is 5. The van der Waals surface area contributed by atoms with Crippen LogP contribution in [0.25, 0.3) is 0 Å². The summed E-state index contributed by atoms with van der Waals surface area (Å²) in [5.41, 5.74) is 0. The van der Waals surface area contributed by atoms with Crippen LogP contribution in [0.1, 0.15) is 12.2 Å². The highest BCUT2D eigenvalue weighted by Gasteiger charge is 2.31. The van der Waals surface area contributed by atoms with E-state index in [4.69, 9.17) is 14.0 Å². The van der Waals surface area contributed by atoms with Gasteiger partial charge in [0.15, 0.2) is 5.82 Å². The molecule has 0 spiro atoms. The molecule has 2 aliphatic heterocycles. The van der Waals surface area contributed by atoms with E-state index < -0.39 is 0 Å². The Kier molecular flexibility index (Phi) is 5.47. The number of aromatic nitrogens is 1. The van der Waals surface area contributed by atoms with E-state index >= 15 is 0 Å². The molecule has 3 heterocycles. The van der Waals surface area contributed by atoms with Crippen LogP contribution in [0, 0.1) is 12.8 Å². The molecule has 3 rings (SSSR count). The van der Waals surface area contributed by atoms with Crippen LogP contribution in [0.2, 0.25) is 0 Å². The number of hydrogen-bond acceptors (Lipinski definition) is 6. The molecule has 0 aliphatic carbocycles. The molecule has 1 aromatic heterocycles. The molecule has 0 aromatic carbocycles. The van der Waals surface area contributed by atoms with Gasteiger partial charge in [0.2, 0.25) is 0 Å². The highest BCUT2D eigenvalue weighted by atomic mass is 16.5. The maximum absolute atomic E-state index is 12.0. The minimum Gasteiger partial charge on any atom is -0.381 e. The largest absolute Gasteiger partial charge is 0.381 e. The Morgan fingerprint density at radius 3 is 2.87 bits per heavy atom. The van der Waals surface area contributed by atoms with Crippen molar-refractivity contribution in [2.75, 3.05) is 51.4 Å². The Morgan fingerprint density at radius 2 is 2.22 bits per heavy atom. The van der Waals surface area contributed by atoms with Crippen LogP contribution in [0.5, 0.6) is 0 Å². The molecule has 2 aliphatic rings. The van der Waals surface area contributed by atoms with E-state index in [9.17, 15) is 4.79 Å². The van der Waals surface area contributed by atoms with Gasteiger partial charge in [0.05, 0.1) is 19.8 Å². The van der Waals surface area contributed by atoms with Gasteiger partial charge in [-0.3, -0.25) is 10.2 Å². The lowest BCUT2D eigenvalue weighted by atomic mass is 9.97. The molecule has 128 valence electrons. The smallest absolute Gasteiger partial charge is 0.320 e. The molecular weight excluding hydrogens is 300 g/mol. The quantitative estimate of drug-likeness (QED) is 0.834. The summed E-state index contributed by atoms with van der Waals surface area (Å²) >= 11 is 0. The summed E-state index contributed by atoms with van der Waals surface area (Å²) in [4.78, 5) is 14.4. The van der Waals surface area contributed by atoms with E-state index in [1.807, 2.05) is 0 Å². The van der Waals surface area contributed by atoms with Gasteiger partial charge in [-0.05, 0) is 13.3 Å². The van der Waals surface area contributed by atoms with Crippen molar-refractivity contribution in [3.8, 4) is 0 Å². The average molecular weight is 324 g/mol. The summed E-state index contributed by atoms with van der Waals surface area (Å²) in [7, 11) is 0. The molecule has 2 N–H and O–H groups in total. The number of amides is 2. The molecule has 1 aromatic rings. The number of morpholine rings is 1. The fourth-order valence-electron chi connectivity index (χ4n) is 3.14. The molecule has 0 unspecified atom stereocenters. The number of carbonyl (C=O) groups excluding carboxylic acids is 1. The average Bonchev–Trinajstić information content (AvgIpc) is 3.21. The third-order valence-electron chi connectivity index (χ3n) is 4.37. The normalized spacial score (nSPS) is 23.6. The van der Waals surface area contributed by atoms with Crippen molar-refractivity contribution in [3.05, 3.63) is 11.8 Å². The van der Waals surface area contributed by atoms with Crippen LogP contribution in [-0.2, 0) is 9.47 Å². The molecule has 0 bridgehead atoms. The van der Waals surface area contributed by atoms with Crippen molar-refractivity contribution < 1.29 is 18.8 Å². The first-order chi connectivity index (χ1) is 11.2. The monoisotopic (exact) mass is 324 g/mol. The highest BCUT2D eigenvalue weighted by Crippen LogP contribution is 2.21. The molecule has 8 heteroatoms. The summed E-state index contributed by atoms with van der Waals surface area (Å²) < 4.78 is 15.9. The predicted octanol–water partition coefficient (Wildman–Crippen LogP) is 0.842. The Morgan fingerprint density at radius 1 is 1.39 bits per heavy atom. The summed E-state index contributed by atoms with van der Waals surface area (Å²) in [6.45, 7) is 7.20. The number of nitrogens with zero attached hydrogens (tertiary/aromatic N) is 2. The van der Waals surface area contributed by atoms with Gasteiger partial charge in [-0.15, -0.1) is 0 Å². The van der Waals surface area contributed by atoms with E-state index in [1.165, 1.54) is 0 Å². The third-order valence-corrected chi connectivity index (χ3v) is 4.37. The topological polar surface area (TPSA) is 88.9 Å². The molecule has 0 radical (unpaired) electrons. The summed E-state index contributed by atoms with van der Waals surface area (Å²) in [5.74, 6) is 1.53. The minimum atomic E-state index is -0.268. The Labute approximate surface area is 135 Å². The van der Waals surface area contributed by atoms with Gasteiger partial charge >= 0.3 is 6.03 Å². The first-order valence-corrected chi connectivity index (χ1v) is 8.10. The molecule has 2 saturated heterocycles. The van der Waals surface area contributed by atoms with Gasteiger partial charge < -0.3 is 19.3 Å². The zero-order chi connectivity index (χ0) is 16.1. The molecule has 2 atom stereocenters. The van der Waals surface area contributed by atoms with E-state index in [-0.39, 0.29) is 12.1 Å². The van der Waals surface area contributed by atoms with Crippen molar-refractivity contribution in [3.63, 3.8) is 0 Å². The second kappa shape index (κ2) is 7.76. The first-order valence-electron chi connectivity index (χ1n) is 8.10. The highest BCUT2D eigenvalue weighted by molar-refractivity contribution is 5.88. The Hall–Kier alpha value is -1.64. The van der Waals surface area contributed by atoms with Crippen LogP contribution in [-0.4, -0.2) is 68.2 Å². The van der Waals surface area contributed by atoms with Crippen LogP contribution in [0.3, 0.4) is 0 Å². The molecule has 8 nitrogen and oxygen atoms in total. The maximum Gasteiger partial charge on any atom is 0.320 e. The minimum absolute atomic E-state index is 0.268. The van der Waals surface area contributed by atoms with Crippen LogP contribution in [0.15, 0.2) is 10.6 Å². The van der Waals surface area contributed by atoms with Crippen molar-refractivity contribution in [1.29, 1.82) is 0 Å². The van der Waals surface area contributed by atoms with Gasteiger partial charge in [0.1, 0.15) is 5.76 Å². The zero-order valence-corrected chi connectivity index (χ0v) is 13.4. The maximum atomic E-state index is 12.0. The fraction of sp³-hybridized carbons (Fsp3) is 0.733. The molecule has 0 saturated carbocycles. The summed E-state index contributed by atoms with van der Waals surface area (Å²) in [6, 6.07) is 1.69. The number of aryl methyl sites for hydroxylation is 1. The Bertz CT molecular complexity index is 509. The summed E-state index contributed by atoms with van der Waals surface area (Å²) in [6.07, 6.45) is 1.04. The van der Waals surface area contributed by atoms with Gasteiger partial charge in [-0.1, -0.05) is 5.16 Å². The van der Waals surface area contributed by atoms with Crippen molar-refractivity contribution >= 4 is 11.8 Å². The molecule has 23 heavy (non-hydrogen) atoms. The van der Waals surface area contributed by atoms with Crippen molar-refractivity contribution in [2.24, 2.45) is 5.92 Å². The Balaban J connectivity index is 1.53. The van der Waals surface area contributed by atoms with Gasteiger partial charge in [0, 0.05) is 44.3 Å². The first kappa shape index (κ1) is 16.2. The van der Waals surface area contributed by atoms with Crippen LogP contribution < -0.4 is 10.6 Å². The second-order valence-corrected chi connectivity index (χ2v) is 6.00. The van der Waals surface area contributed by atoms with E-state index in [0.29, 0.717) is 24.0 Å². The zero-order valence-electron chi connectivity index (χ0n) is 13.4. The molecular formula is C15H24N4O4. The summed E-state index contributed by atoms with van der Waals surface area (Å²) in [5, 5.41) is 9.38. The number of ether oxygens (including phenoxy) is 2. The fourth-order valence-corrected chi connectivity index (χ4v) is 3.14. The van der Waals surface area contributed by atoms with Gasteiger partial charge in [0.25, 0.3) is 0 Å². The second-order valence-electron chi connectivity index (χ2n) is 6.00. The molecule has 2 amide bonds. The van der Waals surface area contributed by atoms with Crippen LogP contribution in [0.4, 0.5) is 10.6 Å². The number of carbonyl (C=O) groups is 1. The van der Waals surface area contributed by atoms with E-state index in [1.54, 1.807) is 13.0 Å². The van der Waals surface area contributed by atoms with Crippen molar-refractivity contribution in [2.45, 2.75) is 19.4 Å². The van der Waals surface area contributed by atoms with E-state index in [2.05, 4.69) is 20.7 Å². The molecule has 2 fully saturated rings. The van der Waals surface area contributed by atoms with E-state index in [0.717, 1.165) is 45.9 Å². The lowest BCUT2D eigenvalue weighted by Gasteiger charge is -2.37. The number of hydrogen-bond donors (Lipinski definition) is 2. The van der Waals surface area contributed by atoms with Gasteiger partial charge in [-0.25, -0.2) is 4.79 Å². The van der Waals surface area contributed by atoms with Crippen LogP contribution >= 0.6 is 0 Å². The standard InChI is InChI=1S/C15H24N4O4/c1-11-8-14(18-23-11)17-15(20)16-9-13(12-2-5-22-10-12)19-3-6-21-7-4-19/h8,12-13H,2-7,9-10H2,1H3,(H2,16,17,18,20)/t12-,13+/m0/s1. The third kappa shape index (κ3) is 4.43. The van der Waals surface area contributed by atoms with Crippen molar-refractivity contribution in [1.82, 2.24) is 15.4 Å². The SMILES string of the molecule is Cc1cc(NC(=O)NC[C@H]([C@H]2CCOC2)N2CCOCC2)no1. The predicted molar refractivity (Wildman–Crippen MR) is 83.4 cm³/mol. The lowest BCUT2D eigenvalue weighted by Crippen LogP contribution is -2.52. The number of urea groups is 1. The lowest BCUT2D eigenvalue weighted by molar-refractivity contribution is 0.00221.